The molecule has 0 saturated carbocycles. The Bertz CT molecular complexity index is 1090. The van der Waals surface area contributed by atoms with Crippen LogP contribution in [0.5, 0.6) is 0 Å². The molecule has 11 nitrogen and oxygen atoms in total. The van der Waals surface area contributed by atoms with Crippen LogP contribution in [0.2, 0.25) is 0 Å². The summed E-state index contributed by atoms with van der Waals surface area (Å²) in [5, 5.41) is 0. The summed E-state index contributed by atoms with van der Waals surface area (Å²) < 4.78 is 37.0. The molecule has 2 aromatic rings. The van der Waals surface area contributed by atoms with Crippen LogP contribution in [0.1, 0.15) is 19.2 Å². The van der Waals surface area contributed by atoms with Crippen molar-refractivity contribution in [2.45, 2.75) is 31.2 Å². The number of amides is 1. The number of esters is 2. The Morgan fingerprint density at radius 1 is 1.06 bits per heavy atom. The fourth-order valence-electron chi connectivity index (χ4n) is 3.12. The first-order valence-electron chi connectivity index (χ1n) is 9.88. The number of aryl methyl sites for hydroxylation is 2. The Balaban J connectivity index is 2.27. The lowest BCUT2D eigenvalue weighted by Crippen LogP contribution is -2.40. The summed E-state index contributed by atoms with van der Waals surface area (Å²) in [7, 11) is 1.68. The molecule has 0 aliphatic carbocycles. The molecule has 12 heteroatoms. The Morgan fingerprint density at radius 2 is 1.66 bits per heavy atom. The third kappa shape index (κ3) is 5.62. The molecule has 0 bridgehead atoms. The van der Waals surface area contributed by atoms with Crippen LogP contribution < -0.4 is 0 Å². The number of ether oxygens (including phenoxy) is 2. The molecule has 0 spiro atoms. The predicted molar refractivity (Wildman–Crippen MR) is 115 cm³/mol. The molecule has 2 rings (SSSR count). The van der Waals surface area contributed by atoms with E-state index in [1.165, 1.54) is 40.4 Å². The Labute approximate surface area is 186 Å². The maximum Gasteiger partial charge on any atom is 0.325 e. The van der Waals surface area contributed by atoms with Gasteiger partial charge >= 0.3 is 11.9 Å². The molecule has 32 heavy (non-hydrogen) atoms. The molecule has 0 radical (unpaired) electrons. The van der Waals surface area contributed by atoms with E-state index in [2.05, 4.69) is 14.5 Å². The summed E-state index contributed by atoms with van der Waals surface area (Å²) in [5.41, 5.74) is 1.24. The number of carbonyl (C=O) groups is 3. The average molecular weight is 469 g/mol. The first-order valence-corrected chi connectivity index (χ1v) is 11.3. The monoisotopic (exact) mass is 468 g/mol. The Morgan fingerprint density at radius 3 is 2.16 bits per heavy atom. The zero-order chi connectivity index (χ0) is 24.1. The lowest BCUT2D eigenvalue weighted by Gasteiger charge is -2.20. The number of fused-ring (bicyclic) bond motifs is 1. The number of rotatable bonds is 10. The number of hydrogen-bond acceptors (Lipinski definition) is 8. The van der Waals surface area contributed by atoms with Gasteiger partial charge in [0, 0.05) is 33.5 Å². The van der Waals surface area contributed by atoms with E-state index in [1.807, 2.05) is 11.5 Å². The summed E-state index contributed by atoms with van der Waals surface area (Å²) in [4.78, 5) is 41.6. The zero-order valence-electron chi connectivity index (χ0n) is 18.8. The van der Waals surface area contributed by atoms with E-state index in [4.69, 9.17) is 0 Å². The topological polar surface area (TPSA) is 128 Å². The van der Waals surface area contributed by atoms with Crippen LogP contribution in [0.25, 0.3) is 11.0 Å². The second-order valence-corrected chi connectivity index (χ2v) is 9.26. The van der Waals surface area contributed by atoms with Gasteiger partial charge in [-0.3, -0.25) is 14.4 Å². The number of hydrogen-bond donors (Lipinski definition) is 0. The molecule has 0 N–H and O–H groups in total. The summed E-state index contributed by atoms with van der Waals surface area (Å²) in [5.74, 6) is -1.16. The van der Waals surface area contributed by atoms with E-state index in [1.54, 1.807) is 6.07 Å². The van der Waals surface area contributed by atoms with Crippen molar-refractivity contribution in [1.82, 2.24) is 18.8 Å². The van der Waals surface area contributed by atoms with Gasteiger partial charge in [0.25, 0.3) is 0 Å². The molecule has 0 aliphatic rings. The Kier molecular flexibility index (Phi) is 8.33. The third-order valence-electron chi connectivity index (χ3n) is 4.90. The van der Waals surface area contributed by atoms with Gasteiger partial charge in [0.1, 0.15) is 18.9 Å². The van der Waals surface area contributed by atoms with E-state index in [-0.39, 0.29) is 30.8 Å². The van der Waals surface area contributed by atoms with Crippen LogP contribution in [0, 0.1) is 0 Å². The minimum atomic E-state index is -3.61. The molecule has 0 unspecified atom stereocenters. The van der Waals surface area contributed by atoms with Crippen LogP contribution in [0.4, 0.5) is 0 Å². The van der Waals surface area contributed by atoms with E-state index >= 15 is 0 Å². The summed E-state index contributed by atoms with van der Waals surface area (Å²) in [6, 6.07) is 4.71. The summed E-state index contributed by atoms with van der Waals surface area (Å²) in [6.07, 6.45) is 0.218. The average Bonchev–Trinajstić information content (AvgIpc) is 3.12. The van der Waals surface area contributed by atoms with Crippen LogP contribution >= 0.6 is 0 Å². The molecule has 1 aromatic heterocycles. The second-order valence-electron chi connectivity index (χ2n) is 7.11. The van der Waals surface area contributed by atoms with E-state index in [0.29, 0.717) is 17.9 Å². The molecule has 0 fully saturated rings. The first kappa shape index (κ1) is 25.3. The predicted octanol–water partition coefficient (Wildman–Crippen LogP) is 0.414. The fourth-order valence-corrected chi connectivity index (χ4v) is 4.05. The van der Waals surface area contributed by atoms with Crippen molar-refractivity contribution in [2.24, 2.45) is 0 Å². The zero-order valence-corrected chi connectivity index (χ0v) is 19.6. The number of nitrogens with zero attached hydrogens (tertiary/aromatic N) is 4. The fraction of sp³-hybridized carbons (Fsp3) is 0.500. The quantitative estimate of drug-likeness (QED) is 0.459. The van der Waals surface area contributed by atoms with E-state index < -0.39 is 27.9 Å². The molecule has 1 amide bonds. The van der Waals surface area contributed by atoms with Crippen molar-refractivity contribution in [1.29, 1.82) is 0 Å². The number of benzene rings is 1. The molecule has 0 saturated heterocycles. The van der Waals surface area contributed by atoms with Crippen molar-refractivity contribution in [3.8, 4) is 0 Å². The highest BCUT2D eigenvalue weighted by atomic mass is 32.2. The molecular formula is C20H28N4O7S. The minimum Gasteiger partial charge on any atom is -0.468 e. The molecule has 0 atom stereocenters. The maximum absolute atomic E-state index is 12.7. The van der Waals surface area contributed by atoms with Crippen molar-refractivity contribution in [2.75, 3.05) is 41.4 Å². The minimum absolute atomic E-state index is 0.0137. The van der Waals surface area contributed by atoms with Gasteiger partial charge in [-0.2, -0.15) is 0 Å². The first-order chi connectivity index (χ1) is 15.0. The van der Waals surface area contributed by atoms with Gasteiger partial charge in [-0.25, -0.2) is 17.7 Å². The highest BCUT2D eigenvalue weighted by molar-refractivity contribution is 7.89. The number of aromatic nitrogens is 2. The molecular weight excluding hydrogens is 440 g/mol. The van der Waals surface area contributed by atoms with Gasteiger partial charge in [0.2, 0.25) is 15.9 Å². The lowest BCUT2D eigenvalue weighted by atomic mass is 10.2. The van der Waals surface area contributed by atoms with Crippen LogP contribution in [0.15, 0.2) is 23.1 Å². The summed E-state index contributed by atoms with van der Waals surface area (Å²) in [6.45, 7) is 1.73. The van der Waals surface area contributed by atoms with E-state index in [0.717, 1.165) is 14.7 Å². The van der Waals surface area contributed by atoms with Crippen molar-refractivity contribution in [3.05, 3.63) is 24.0 Å². The van der Waals surface area contributed by atoms with E-state index in [9.17, 15) is 22.8 Å². The van der Waals surface area contributed by atoms with Crippen molar-refractivity contribution in [3.63, 3.8) is 0 Å². The van der Waals surface area contributed by atoms with Gasteiger partial charge in [-0.1, -0.05) is 0 Å². The van der Waals surface area contributed by atoms with Crippen LogP contribution in [-0.2, 0) is 46.8 Å². The number of sulfonamides is 1. The smallest absolute Gasteiger partial charge is 0.325 e. The normalized spacial score (nSPS) is 11.6. The SMILES string of the molecule is CCn1c(CCC(=O)N(CC(=O)OC)CC(=O)OC)nc2cc(S(=O)(=O)N(C)C)ccc21. The highest BCUT2D eigenvalue weighted by Crippen LogP contribution is 2.23. The van der Waals surface area contributed by atoms with Gasteiger partial charge in [-0.05, 0) is 25.1 Å². The maximum atomic E-state index is 12.7. The Hall–Kier alpha value is -2.99. The number of methoxy groups -OCH3 is 2. The lowest BCUT2D eigenvalue weighted by molar-refractivity contribution is -0.152. The van der Waals surface area contributed by atoms with Gasteiger partial charge < -0.3 is 18.9 Å². The molecule has 1 heterocycles. The van der Waals surface area contributed by atoms with Gasteiger partial charge in [-0.15, -0.1) is 0 Å². The van der Waals surface area contributed by atoms with Crippen LogP contribution in [0.3, 0.4) is 0 Å². The summed E-state index contributed by atoms with van der Waals surface area (Å²) >= 11 is 0. The number of carbonyl (C=O) groups excluding carboxylic acids is 3. The number of imidazole rings is 1. The third-order valence-corrected chi connectivity index (χ3v) is 6.72. The largest absolute Gasteiger partial charge is 0.468 e. The van der Waals surface area contributed by atoms with Gasteiger partial charge in [0.05, 0.1) is 30.1 Å². The highest BCUT2D eigenvalue weighted by Gasteiger charge is 2.23. The van der Waals surface area contributed by atoms with Gasteiger partial charge in [0.15, 0.2) is 0 Å². The van der Waals surface area contributed by atoms with Crippen molar-refractivity contribution < 1.29 is 32.3 Å². The van der Waals surface area contributed by atoms with Crippen molar-refractivity contribution >= 4 is 38.9 Å². The molecule has 0 aliphatic heterocycles. The van der Waals surface area contributed by atoms with Crippen LogP contribution in [-0.4, -0.2) is 86.4 Å². The second kappa shape index (κ2) is 10.6. The standard InChI is InChI=1S/C20H28N4O7S/c1-6-24-16-8-7-14(32(28,29)22(2)3)11-15(16)21-17(24)9-10-18(25)23(12-19(26)30-4)13-20(27)31-5/h7-8,11H,6,9-10,12-13H2,1-5H3. The molecule has 176 valence electrons. The molecule has 1 aromatic carbocycles.